The van der Waals surface area contributed by atoms with Crippen LogP contribution in [0.3, 0.4) is 0 Å². The number of aliphatic hydroxyl groups is 1. The number of hydrogen-bond donors (Lipinski definition) is 3. The third-order valence-corrected chi connectivity index (χ3v) is 5.13. The standard InChI is InChI=1S/C17H23N3O3/c1-17(2)15(21)14(20-6-4-3-5-7-20)10-8-11-12(9-13(10)23-17)19-16(22)18-11/h8-9,14-15,21H,3-7H2,1-2H3,(H2,18,19,22)/t14-,15+/m0/s1. The molecule has 6 nitrogen and oxygen atoms in total. The van der Waals surface area contributed by atoms with Crippen LogP contribution < -0.4 is 10.4 Å². The van der Waals surface area contributed by atoms with E-state index in [2.05, 4.69) is 14.9 Å². The normalized spacial score (nSPS) is 27.6. The van der Waals surface area contributed by atoms with Gasteiger partial charge in [0.1, 0.15) is 17.5 Å². The molecule has 1 saturated heterocycles. The van der Waals surface area contributed by atoms with Crippen LogP contribution in [0.2, 0.25) is 0 Å². The van der Waals surface area contributed by atoms with Crippen molar-refractivity contribution in [2.24, 2.45) is 0 Å². The van der Waals surface area contributed by atoms with Crippen molar-refractivity contribution in [1.82, 2.24) is 14.9 Å². The van der Waals surface area contributed by atoms with Crippen LogP contribution in [0, 0.1) is 0 Å². The summed E-state index contributed by atoms with van der Waals surface area (Å²) in [5.74, 6) is 0.749. The number of ether oxygens (including phenoxy) is 1. The number of benzene rings is 1. The molecule has 1 aromatic carbocycles. The van der Waals surface area contributed by atoms with Crippen LogP contribution in [0.1, 0.15) is 44.7 Å². The molecule has 3 N–H and O–H groups in total. The van der Waals surface area contributed by atoms with E-state index in [1.54, 1.807) is 0 Å². The second-order valence-corrected chi connectivity index (χ2v) is 7.21. The highest BCUT2D eigenvalue weighted by molar-refractivity contribution is 5.78. The lowest BCUT2D eigenvalue weighted by molar-refractivity contribution is -0.0960. The third kappa shape index (κ3) is 2.37. The highest BCUT2D eigenvalue weighted by atomic mass is 16.5. The van der Waals surface area contributed by atoms with E-state index in [0.29, 0.717) is 0 Å². The Bertz CT molecular complexity index is 786. The summed E-state index contributed by atoms with van der Waals surface area (Å²) in [5.41, 5.74) is 1.56. The van der Waals surface area contributed by atoms with Crippen molar-refractivity contribution >= 4 is 11.0 Å². The first kappa shape index (κ1) is 14.8. The van der Waals surface area contributed by atoms with Gasteiger partial charge in [0, 0.05) is 11.6 Å². The van der Waals surface area contributed by atoms with Gasteiger partial charge in [-0.1, -0.05) is 6.42 Å². The molecule has 2 aromatic rings. The molecule has 1 fully saturated rings. The minimum absolute atomic E-state index is 0.100. The van der Waals surface area contributed by atoms with Crippen molar-refractivity contribution in [3.63, 3.8) is 0 Å². The molecule has 124 valence electrons. The molecule has 6 heteroatoms. The highest BCUT2D eigenvalue weighted by Gasteiger charge is 2.45. The average molecular weight is 317 g/mol. The van der Waals surface area contributed by atoms with Gasteiger partial charge < -0.3 is 19.8 Å². The SMILES string of the molecule is CC1(C)Oc2cc3[nH]c(=O)[nH]c3cc2[C@H](N2CCCCC2)[C@H]1O. The molecule has 0 aliphatic carbocycles. The van der Waals surface area contributed by atoms with Gasteiger partial charge in [-0.25, -0.2) is 4.79 Å². The van der Waals surface area contributed by atoms with E-state index in [1.807, 2.05) is 26.0 Å². The molecular formula is C17H23N3O3. The molecular weight excluding hydrogens is 294 g/mol. The zero-order valence-electron chi connectivity index (χ0n) is 13.6. The van der Waals surface area contributed by atoms with Gasteiger partial charge in [-0.05, 0) is 45.8 Å². The Hall–Kier alpha value is -1.79. The summed E-state index contributed by atoms with van der Waals surface area (Å²) in [7, 11) is 0. The number of fused-ring (bicyclic) bond motifs is 2. The van der Waals surface area contributed by atoms with Crippen molar-refractivity contribution < 1.29 is 9.84 Å². The van der Waals surface area contributed by atoms with Crippen LogP contribution in [0.25, 0.3) is 11.0 Å². The van der Waals surface area contributed by atoms with E-state index in [9.17, 15) is 9.90 Å². The lowest BCUT2D eigenvalue weighted by Gasteiger charge is -2.47. The van der Waals surface area contributed by atoms with Crippen molar-refractivity contribution in [2.45, 2.75) is 50.9 Å². The van der Waals surface area contributed by atoms with Gasteiger partial charge >= 0.3 is 5.69 Å². The fourth-order valence-corrected chi connectivity index (χ4v) is 3.89. The molecule has 0 radical (unpaired) electrons. The predicted molar refractivity (Wildman–Crippen MR) is 87.8 cm³/mol. The Labute approximate surface area is 134 Å². The molecule has 2 aliphatic heterocycles. The topological polar surface area (TPSA) is 81.4 Å². The minimum atomic E-state index is -0.667. The first-order valence-corrected chi connectivity index (χ1v) is 8.33. The summed E-state index contributed by atoms with van der Waals surface area (Å²) < 4.78 is 6.06. The van der Waals surface area contributed by atoms with Gasteiger partial charge in [-0.15, -0.1) is 0 Å². The smallest absolute Gasteiger partial charge is 0.323 e. The molecule has 0 saturated carbocycles. The number of nitrogens with one attached hydrogen (secondary N) is 2. The number of hydrogen-bond acceptors (Lipinski definition) is 4. The van der Waals surface area contributed by atoms with Gasteiger partial charge in [0.2, 0.25) is 0 Å². The Morgan fingerprint density at radius 3 is 2.52 bits per heavy atom. The molecule has 2 atom stereocenters. The molecule has 0 unspecified atom stereocenters. The highest BCUT2D eigenvalue weighted by Crippen LogP contribution is 2.44. The molecule has 23 heavy (non-hydrogen) atoms. The number of aromatic amines is 2. The molecule has 2 aliphatic rings. The summed E-state index contributed by atoms with van der Waals surface area (Å²) in [6.07, 6.45) is 2.94. The summed E-state index contributed by atoms with van der Waals surface area (Å²) >= 11 is 0. The fourth-order valence-electron chi connectivity index (χ4n) is 3.89. The van der Waals surface area contributed by atoms with Crippen LogP contribution in [0.15, 0.2) is 16.9 Å². The Morgan fingerprint density at radius 2 is 1.83 bits per heavy atom. The third-order valence-electron chi connectivity index (χ3n) is 5.13. The largest absolute Gasteiger partial charge is 0.485 e. The lowest BCUT2D eigenvalue weighted by Crippen LogP contribution is -2.54. The molecule has 4 rings (SSSR count). The monoisotopic (exact) mass is 317 g/mol. The molecule has 3 heterocycles. The maximum absolute atomic E-state index is 11.6. The zero-order valence-corrected chi connectivity index (χ0v) is 13.6. The van der Waals surface area contributed by atoms with E-state index in [-0.39, 0.29) is 11.7 Å². The van der Waals surface area contributed by atoms with Gasteiger partial charge in [0.25, 0.3) is 0 Å². The maximum Gasteiger partial charge on any atom is 0.323 e. The average Bonchev–Trinajstić information content (AvgIpc) is 2.86. The van der Waals surface area contributed by atoms with Crippen molar-refractivity contribution in [3.05, 3.63) is 28.2 Å². The van der Waals surface area contributed by atoms with Crippen molar-refractivity contribution in [3.8, 4) is 5.75 Å². The molecule has 1 aromatic heterocycles. The second kappa shape index (κ2) is 5.11. The van der Waals surface area contributed by atoms with Crippen LogP contribution in [-0.2, 0) is 0 Å². The van der Waals surface area contributed by atoms with Crippen molar-refractivity contribution in [1.29, 1.82) is 0 Å². The summed E-state index contributed by atoms with van der Waals surface area (Å²) in [4.78, 5) is 19.5. The summed E-state index contributed by atoms with van der Waals surface area (Å²) in [6, 6.07) is 3.71. The number of H-pyrrole nitrogens is 2. The predicted octanol–water partition coefficient (Wildman–Crippen LogP) is 1.92. The number of likely N-dealkylation sites (tertiary alicyclic amines) is 1. The van der Waals surface area contributed by atoms with Crippen LogP contribution in [-0.4, -0.2) is 44.8 Å². The summed E-state index contributed by atoms with van der Waals surface area (Å²) in [6.45, 7) is 5.81. The number of imidazole rings is 1. The van der Waals surface area contributed by atoms with E-state index >= 15 is 0 Å². The van der Waals surface area contributed by atoms with Crippen LogP contribution in [0.4, 0.5) is 0 Å². The lowest BCUT2D eigenvalue weighted by atomic mass is 9.84. The minimum Gasteiger partial charge on any atom is -0.485 e. The number of piperidine rings is 1. The van der Waals surface area contributed by atoms with Crippen LogP contribution in [0.5, 0.6) is 5.75 Å². The molecule has 0 bridgehead atoms. The number of rotatable bonds is 1. The molecule has 0 spiro atoms. The first-order valence-electron chi connectivity index (χ1n) is 8.33. The Kier molecular flexibility index (Phi) is 3.28. The number of aliphatic hydroxyl groups excluding tert-OH is 1. The Balaban J connectivity index is 1.87. The van der Waals surface area contributed by atoms with Gasteiger partial charge in [0.15, 0.2) is 0 Å². The van der Waals surface area contributed by atoms with E-state index in [0.717, 1.165) is 48.3 Å². The zero-order chi connectivity index (χ0) is 16.2. The first-order chi connectivity index (χ1) is 11.0. The fraction of sp³-hybridized carbons (Fsp3) is 0.588. The van der Waals surface area contributed by atoms with Gasteiger partial charge in [0.05, 0.1) is 17.1 Å². The number of nitrogens with zero attached hydrogens (tertiary/aromatic N) is 1. The van der Waals surface area contributed by atoms with Gasteiger partial charge in [-0.2, -0.15) is 0 Å². The van der Waals surface area contributed by atoms with Crippen molar-refractivity contribution in [2.75, 3.05) is 13.1 Å². The number of aromatic nitrogens is 2. The maximum atomic E-state index is 11.6. The summed E-state index contributed by atoms with van der Waals surface area (Å²) in [5, 5.41) is 10.9. The van der Waals surface area contributed by atoms with Gasteiger partial charge in [-0.3, -0.25) is 4.90 Å². The Morgan fingerprint density at radius 1 is 1.17 bits per heavy atom. The van der Waals surface area contributed by atoms with E-state index < -0.39 is 11.7 Å². The second-order valence-electron chi connectivity index (χ2n) is 7.21. The molecule has 0 amide bonds. The quantitative estimate of drug-likeness (QED) is 0.750. The van der Waals surface area contributed by atoms with E-state index in [1.165, 1.54) is 6.42 Å². The van der Waals surface area contributed by atoms with Crippen LogP contribution >= 0.6 is 0 Å². The van der Waals surface area contributed by atoms with E-state index in [4.69, 9.17) is 4.74 Å².